The summed E-state index contributed by atoms with van der Waals surface area (Å²) in [4.78, 5) is 12.3. The van der Waals surface area contributed by atoms with Crippen LogP contribution in [0.25, 0.3) is 0 Å². The molecule has 0 fully saturated rings. The molecule has 1 aliphatic rings. The van der Waals surface area contributed by atoms with Crippen LogP contribution in [0, 0.1) is 6.92 Å². The van der Waals surface area contributed by atoms with E-state index < -0.39 is 0 Å². The molecule has 2 heterocycles. The lowest BCUT2D eigenvalue weighted by Gasteiger charge is -2.20. The van der Waals surface area contributed by atoms with Crippen LogP contribution in [0.4, 0.5) is 5.69 Å². The standard InChI is InChI=1S/C15H17N3O2.ClH/c1-10-8-11(20-18-10)9-17-15(19)13-4-2-6-14-12(13)5-3-7-16-14;/h2,4,6,8,16H,3,5,7,9H2,1H3,(H,17,19);1H. The molecule has 112 valence electrons. The van der Waals surface area contributed by atoms with E-state index in [1.165, 1.54) is 0 Å². The molecule has 0 spiro atoms. The number of hydrogen-bond acceptors (Lipinski definition) is 4. The van der Waals surface area contributed by atoms with E-state index in [4.69, 9.17) is 4.52 Å². The maximum atomic E-state index is 12.3. The average molecular weight is 308 g/mol. The first-order valence-corrected chi connectivity index (χ1v) is 6.80. The van der Waals surface area contributed by atoms with Gasteiger partial charge >= 0.3 is 0 Å². The van der Waals surface area contributed by atoms with Crippen molar-refractivity contribution in [3.63, 3.8) is 0 Å². The van der Waals surface area contributed by atoms with Gasteiger partial charge in [0, 0.05) is 23.9 Å². The van der Waals surface area contributed by atoms with Gasteiger partial charge in [-0.05, 0) is 37.5 Å². The normalized spacial score (nSPS) is 12.8. The molecule has 6 heteroatoms. The summed E-state index contributed by atoms with van der Waals surface area (Å²) in [5, 5.41) is 10.0. The number of halogens is 1. The Bertz CT molecular complexity index is 640. The predicted octanol–water partition coefficient (Wildman–Crippen LogP) is 2.69. The number of benzene rings is 1. The van der Waals surface area contributed by atoms with Crippen molar-refractivity contribution < 1.29 is 9.32 Å². The molecule has 0 atom stereocenters. The van der Waals surface area contributed by atoms with E-state index in [2.05, 4.69) is 15.8 Å². The van der Waals surface area contributed by atoms with Gasteiger partial charge < -0.3 is 15.2 Å². The van der Waals surface area contributed by atoms with Gasteiger partial charge in [-0.1, -0.05) is 11.2 Å². The Morgan fingerprint density at radius 2 is 2.33 bits per heavy atom. The van der Waals surface area contributed by atoms with Gasteiger partial charge in [0.1, 0.15) is 0 Å². The third-order valence-corrected chi connectivity index (χ3v) is 3.44. The van der Waals surface area contributed by atoms with Crippen LogP contribution in [0.3, 0.4) is 0 Å². The summed E-state index contributed by atoms with van der Waals surface area (Å²) in [7, 11) is 0. The molecular weight excluding hydrogens is 290 g/mol. The number of aryl methyl sites for hydroxylation is 1. The fourth-order valence-electron chi connectivity index (χ4n) is 2.48. The zero-order chi connectivity index (χ0) is 13.9. The third kappa shape index (κ3) is 3.36. The number of anilines is 1. The largest absolute Gasteiger partial charge is 0.385 e. The first-order valence-electron chi connectivity index (χ1n) is 6.80. The highest BCUT2D eigenvalue weighted by Crippen LogP contribution is 2.25. The van der Waals surface area contributed by atoms with Gasteiger partial charge in [0.05, 0.1) is 12.2 Å². The number of hydrogen-bond donors (Lipinski definition) is 2. The van der Waals surface area contributed by atoms with E-state index in [1.807, 2.05) is 31.2 Å². The highest BCUT2D eigenvalue weighted by molar-refractivity contribution is 5.97. The molecule has 1 aromatic carbocycles. The summed E-state index contributed by atoms with van der Waals surface area (Å²) in [5.41, 5.74) is 3.73. The SMILES string of the molecule is Cc1cc(CNC(=O)c2cccc3c2CCCN3)on1.Cl. The molecule has 3 rings (SSSR count). The zero-order valence-electron chi connectivity index (χ0n) is 11.8. The van der Waals surface area contributed by atoms with Crippen molar-refractivity contribution in [3.8, 4) is 0 Å². The topological polar surface area (TPSA) is 67.2 Å². The smallest absolute Gasteiger partial charge is 0.252 e. The van der Waals surface area contributed by atoms with E-state index in [0.29, 0.717) is 12.3 Å². The van der Waals surface area contributed by atoms with E-state index in [1.54, 1.807) is 0 Å². The van der Waals surface area contributed by atoms with Gasteiger partial charge in [0.2, 0.25) is 0 Å². The molecule has 0 saturated heterocycles. The second kappa shape index (κ2) is 6.63. The third-order valence-electron chi connectivity index (χ3n) is 3.44. The van der Waals surface area contributed by atoms with Crippen molar-refractivity contribution in [2.24, 2.45) is 0 Å². The summed E-state index contributed by atoms with van der Waals surface area (Å²) in [5.74, 6) is 0.596. The summed E-state index contributed by atoms with van der Waals surface area (Å²) >= 11 is 0. The maximum Gasteiger partial charge on any atom is 0.252 e. The lowest BCUT2D eigenvalue weighted by atomic mass is 9.97. The van der Waals surface area contributed by atoms with Crippen molar-refractivity contribution in [3.05, 3.63) is 46.8 Å². The molecule has 0 saturated carbocycles. The molecule has 21 heavy (non-hydrogen) atoms. The van der Waals surface area contributed by atoms with Crippen molar-refractivity contribution >= 4 is 24.0 Å². The fraction of sp³-hybridized carbons (Fsp3) is 0.333. The van der Waals surface area contributed by atoms with E-state index in [-0.39, 0.29) is 18.3 Å². The zero-order valence-corrected chi connectivity index (χ0v) is 12.6. The Morgan fingerprint density at radius 3 is 3.10 bits per heavy atom. The second-order valence-corrected chi connectivity index (χ2v) is 4.98. The number of aromatic nitrogens is 1. The van der Waals surface area contributed by atoms with Crippen LogP contribution in [0.2, 0.25) is 0 Å². The Balaban J connectivity index is 0.00000161. The van der Waals surface area contributed by atoms with Crippen molar-refractivity contribution in [2.75, 3.05) is 11.9 Å². The molecule has 0 aliphatic carbocycles. The molecule has 1 aromatic heterocycles. The minimum absolute atomic E-state index is 0. The maximum absolute atomic E-state index is 12.3. The minimum atomic E-state index is -0.0698. The van der Waals surface area contributed by atoms with Crippen molar-refractivity contribution in [1.29, 1.82) is 0 Å². The van der Waals surface area contributed by atoms with Crippen LogP contribution in [0.5, 0.6) is 0 Å². The van der Waals surface area contributed by atoms with E-state index in [0.717, 1.165) is 41.9 Å². The molecule has 2 aromatic rings. The predicted molar refractivity (Wildman–Crippen MR) is 82.9 cm³/mol. The molecule has 5 nitrogen and oxygen atoms in total. The van der Waals surface area contributed by atoms with Crippen molar-refractivity contribution in [2.45, 2.75) is 26.3 Å². The Morgan fingerprint density at radius 1 is 1.48 bits per heavy atom. The lowest BCUT2D eigenvalue weighted by Crippen LogP contribution is -2.25. The van der Waals surface area contributed by atoms with Crippen molar-refractivity contribution in [1.82, 2.24) is 10.5 Å². The quantitative estimate of drug-likeness (QED) is 0.915. The number of rotatable bonds is 3. The molecule has 0 unspecified atom stereocenters. The van der Waals surface area contributed by atoms with Gasteiger partial charge in [0.15, 0.2) is 5.76 Å². The van der Waals surface area contributed by atoms with Crippen LogP contribution < -0.4 is 10.6 Å². The first-order chi connectivity index (χ1) is 9.74. The number of nitrogens with one attached hydrogen (secondary N) is 2. The molecule has 1 aliphatic heterocycles. The van der Waals surface area contributed by atoms with E-state index in [9.17, 15) is 4.79 Å². The summed E-state index contributed by atoms with van der Waals surface area (Å²) in [6.45, 7) is 3.18. The van der Waals surface area contributed by atoms with E-state index >= 15 is 0 Å². The number of fused-ring (bicyclic) bond motifs is 1. The van der Waals surface area contributed by atoms with Gasteiger partial charge in [-0.15, -0.1) is 12.4 Å². The molecular formula is C15H18ClN3O2. The Labute approximate surface area is 129 Å². The van der Waals surface area contributed by atoms with Crippen LogP contribution >= 0.6 is 12.4 Å². The summed E-state index contributed by atoms with van der Waals surface area (Å²) < 4.78 is 5.09. The summed E-state index contributed by atoms with van der Waals surface area (Å²) in [6, 6.07) is 7.62. The first kappa shape index (κ1) is 15.4. The molecule has 0 radical (unpaired) electrons. The Kier molecular flexibility index (Phi) is 4.85. The van der Waals surface area contributed by atoms with Crippen LogP contribution in [0.1, 0.15) is 33.8 Å². The summed E-state index contributed by atoms with van der Waals surface area (Å²) in [6.07, 6.45) is 1.99. The van der Waals surface area contributed by atoms with Crippen LogP contribution in [-0.2, 0) is 13.0 Å². The minimum Gasteiger partial charge on any atom is -0.385 e. The van der Waals surface area contributed by atoms with Gasteiger partial charge in [0.25, 0.3) is 5.91 Å². The Hall–Kier alpha value is -2.01. The number of amides is 1. The lowest BCUT2D eigenvalue weighted by molar-refractivity contribution is 0.0946. The number of carbonyl (C=O) groups is 1. The number of nitrogens with zero attached hydrogens (tertiary/aromatic N) is 1. The molecule has 1 amide bonds. The van der Waals surface area contributed by atoms with Crippen LogP contribution in [0.15, 0.2) is 28.8 Å². The second-order valence-electron chi connectivity index (χ2n) is 4.98. The van der Waals surface area contributed by atoms with Crippen LogP contribution in [-0.4, -0.2) is 17.6 Å². The fourth-order valence-corrected chi connectivity index (χ4v) is 2.48. The number of carbonyl (C=O) groups excluding carboxylic acids is 1. The molecule has 0 bridgehead atoms. The van der Waals surface area contributed by atoms with Gasteiger partial charge in [-0.2, -0.15) is 0 Å². The monoisotopic (exact) mass is 307 g/mol. The average Bonchev–Trinajstić information content (AvgIpc) is 2.90. The van der Waals surface area contributed by atoms with Gasteiger partial charge in [-0.3, -0.25) is 4.79 Å². The highest BCUT2D eigenvalue weighted by atomic mass is 35.5. The highest BCUT2D eigenvalue weighted by Gasteiger charge is 2.17. The van der Waals surface area contributed by atoms with Gasteiger partial charge in [-0.25, -0.2) is 0 Å². The molecule has 2 N–H and O–H groups in total.